The van der Waals surface area contributed by atoms with E-state index in [1.807, 2.05) is 84.9 Å². The van der Waals surface area contributed by atoms with Gasteiger partial charge in [-0.25, -0.2) is 0 Å². The Balaban J connectivity index is 1.35. The first-order chi connectivity index (χ1) is 17.6. The van der Waals surface area contributed by atoms with E-state index in [0.29, 0.717) is 36.0 Å². The third kappa shape index (κ3) is 5.04. The van der Waals surface area contributed by atoms with E-state index in [-0.39, 0.29) is 12.3 Å². The first-order valence-corrected chi connectivity index (χ1v) is 11.7. The molecule has 182 valence electrons. The zero-order valence-corrected chi connectivity index (χ0v) is 19.8. The van der Waals surface area contributed by atoms with Crippen LogP contribution in [-0.4, -0.2) is 45.4 Å². The number of aliphatic hydroxyl groups is 1. The molecule has 1 N–H and O–H groups in total. The van der Waals surface area contributed by atoms with E-state index in [0.717, 1.165) is 16.7 Å². The molecule has 1 saturated heterocycles. The van der Waals surface area contributed by atoms with Crippen molar-refractivity contribution in [2.75, 3.05) is 13.7 Å². The predicted octanol–water partition coefficient (Wildman–Crippen LogP) is 4.60. The second-order valence-electron chi connectivity index (χ2n) is 8.61. The van der Waals surface area contributed by atoms with Crippen LogP contribution in [0, 0.1) is 0 Å². The van der Waals surface area contributed by atoms with E-state index in [4.69, 9.17) is 9.36 Å². The molecule has 1 aliphatic heterocycles. The molecule has 3 aromatic carbocycles. The van der Waals surface area contributed by atoms with Crippen molar-refractivity contribution in [1.29, 1.82) is 0 Å². The number of rotatable bonds is 7. The highest BCUT2D eigenvalue weighted by Crippen LogP contribution is 2.31. The summed E-state index contributed by atoms with van der Waals surface area (Å²) in [4.78, 5) is 24.7. The molecule has 1 amide bonds. The fraction of sp³-hybridized carbons (Fsp3) is 0.214. The number of amides is 1. The number of aliphatic hydroxyl groups excluding tert-OH is 1. The summed E-state index contributed by atoms with van der Waals surface area (Å²) in [5.74, 6) is 0.524. The Hall–Kier alpha value is -4.30. The summed E-state index contributed by atoms with van der Waals surface area (Å²) in [6.45, 7) is 0.300. The van der Waals surface area contributed by atoms with Crippen molar-refractivity contribution in [2.45, 2.75) is 25.0 Å². The van der Waals surface area contributed by atoms with Crippen molar-refractivity contribution >= 4 is 11.6 Å². The van der Waals surface area contributed by atoms with Gasteiger partial charge in [-0.05, 0) is 28.8 Å². The minimum Gasteiger partial charge on any atom is -0.399 e. The quantitative estimate of drug-likeness (QED) is 0.386. The van der Waals surface area contributed by atoms with E-state index >= 15 is 0 Å². The molecule has 0 aliphatic carbocycles. The van der Waals surface area contributed by atoms with Gasteiger partial charge in [-0.1, -0.05) is 83.1 Å². The maximum Gasteiger partial charge on any atom is 0.254 e. The number of hydrogen-bond acceptors (Lipinski definition) is 7. The van der Waals surface area contributed by atoms with Crippen molar-refractivity contribution in [1.82, 2.24) is 15.0 Å². The molecule has 1 fully saturated rings. The van der Waals surface area contributed by atoms with Crippen LogP contribution in [0.25, 0.3) is 11.1 Å². The minimum atomic E-state index is -0.769. The number of likely N-dealkylation sites (tertiary alicyclic amines) is 1. The summed E-state index contributed by atoms with van der Waals surface area (Å²) in [6.07, 6.45) is -0.158. The zero-order valence-electron chi connectivity index (χ0n) is 19.8. The SMILES string of the molecule is CON=C1C[C@@H](c2noc(C[C@H](O)c3ccccc3)n2)N(C(=O)c2ccc(-c3ccccc3)cc2)C1. The van der Waals surface area contributed by atoms with Crippen molar-refractivity contribution < 1.29 is 19.3 Å². The van der Waals surface area contributed by atoms with Gasteiger partial charge in [-0.3, -0.25) is 4.79 Å². The molecule has 2 heterocycles. The van der Waals surface area contributed by atoms with Crippen LogP contribution in [0.2, 0.25) is 0 Å². The lowest BCUT2D eigenvalue weighted by Gasteiger charge is -2.21. The van der Waals surface area contributed by atoms with Gasteiger partial charge in [-0.2, -0.15) is 4.98 Å². The van der Waals surface area contributed by atoms with Gasteiger partial charge < -0.3 is 19.4 Å². The van der Waals surface area contributed by atoms with Crippen LogP contribution >= 0.6 is 0 Å². The molecule has 0 radical (unpaired) electrons. The summed E-state index contributed by atoms with van der Waals surface area (Å²) in [6, 6.07) is 26.4. The Morgan fingerprint density at radius 3 is 2.42 bits per heavy atom. The molecule has 8 nitrogen and oxygen atoms in total. The summed E-state index contributed by atoms with van der Waals surface area (Å²) < 4.78 is 5.43. The fourth-order valence-corrected chi connectivity index (χ4v) is 4.39. The van der Waals surface area contributed by atoms with E-state index in [2.05, 4.69) is 15.3 Å². The van der Waals surface area contributed by atoms with Crippen LogP contribution in [0.4, 0.5) is 0 Å². The highest BCUT2D eigenvalue weighted by atomic mass is 16.6. The van der Waals surface area contributed by atoms with E-state index in [9.17, 15) is 9.90 Å². The van der Waals surface area contributed by atoms with E-state index in [1.165, 1.54) is 7.11 Å². The van der Waals surface area contributed by atoms with Crippen LogP contribution in [0.15, 0.2) is 94.6 Å². The van der Waals surface area contributed by atoms with E-state index in [1.54, 1.807) is 4.90 Å². The van der Waals surface area contributed by atoms with Crippen molar-refractivity contribution in [3.8, 4) is 11.1 Å². The maximum absolute atomic E-state index is 13.5. The number of aromatic nitrogens is 2. The van der Waals surface area contributed by atoms with Crippen LogP contribution in [0.5, 0.6) is 0 Å². The van der Waals surface area contributed by atoms with Gasteiger partial charge in [0.25, 0.3) is 5.91 Å². The van der Waals surface area contributed by atoms with Crippen molar-refractivity contribution in [3.05, 3.63) is 108 Å². The molecule has 4 aromatic rings. The largest absolute Gasteiger partial charge is 0.399 e. The second kappa shape index (κ2) is 10.5. The Morgan fingerprint density at radius 1 is 1.06 bits per heavy atom. The van der Waals surface area contributed by atoms with Gasteiger partial charge in [0.2, 0.25) is 5.89 Å². The first kappa shape index (κ1) is 23.4. The van der Waals surface area contributed by atoms with Gasteiger partial charge in [0.05, 0.1) is 24.8 Å². The molecule has 1 aromatic heterocycles. The normalized spacial score (nSPS) is 17.3. The first-order valence-electron chi connectivity index (χ1n) is 11.7. The minimum absolute atomic E-state index is 0.156. The molecule has 5 rings (SSSR count). The molecule has 36 heavy (non-hydrogen) atoms. The van der Waals surface area contributed by atoms with Crippen LogP contribution < -0.4 is 0 Å². The lowest BCUT2D eigenvalue weighted by Crippen LogP contribution is -2.31. The van der Waals surface area contributed by atoms with Crippen LogP contribution in [0.1, 0.15) is 46.2 Å². The fourth-order valence-electron chi connectivity index (χ4n) is 4.39. The van der Waals surface area contributed by atoms with Gasteiger partial charge in [0.15, 0.2) is 5.82 Å². The molecular weight excluding hydrogens is 456 g/mol. The number of hydrogen-bond donors (Lipinski definition) is 1. The molecule has 0 unspecified atom stereocenters. The average molecular weight is 483 g/mol. The van der Waals surface area contributed by atoms with Crippen molar-refractivity contribution in [2.24, 2.45) is 5.16 Å². The average Bonchev–Trinajstić information content (AvgIpc) is 3.57. The van der Waals surface area contributed by atoms with Crippen LogP contribution in [0.3, 0.4) is 0 Å². The highest BCUT2D eigenvalue weighted by Gasteiger charge is 2.38. The maximum atomic E-state index is 13.5. The van der Waals surface area contributed by atoms with Crippen LogP contribution in [-0.2, 0) is 11.3 Å². The Labute approximate surface area is 208 Å². The molecule has 0 saturated carbocycles. The number of benzene rings is 3. The number of carbonyl (C=O) groups is 1. The Morgan fingerprint density at radius 2 is 1.72 bits per heavy atom. The van der Waals surface area contributed by atoms with E-state index < -0.39 is 12.1 Å². The highest BCUT2D eigenvalue weighted by molar-refractivity contribution is 6.00. The molecule has 0 bridgehead atoms. The van der Waals surface area contributed by atoms with Gasteiger partial charge in [-0.15, -0.1) is 0 Å². The lowest BCUT2D eigenvalue weighted by atomic mass is 10.0. The molecule has 2 atom stereocenters. The summed E-state index contributed by atoms with van der Waals surface area (Å²) in [5.41, 5.74) is 4.16. The molecular formula is C28H26N4O4. The van der Waals surface area contributed by atoms with Gasteiger partial charge in [0, 0.05) is 12.0 Å². The lowest BCUT2D eigenvalue weighted by molar-refractivity contribution is 0.0732. The van der Waals surface area contributed by atoms with Gasteiger partial charge in [0.1, 0.15) is 13.2 Å². The van der Waals surface area contributed by atoms with Crippen molar-refractivity contribution in [3.63, 3.8) is 0 Å². The summed E-state index contributed by atoms with van der Waals surface area (Å²) in [5, 5.41) is 18.7. The molecule has 1 aliphatic rings. The monoisotopic (exact) mass is 482 g/mol. The topological polar surface area (TPSA) is 101 Å². The smallest absolute Gasteiger partial charge is 0.254 e. The summed E-state index contributed by atoms with van der Waals surface area (Å²) >= 11 is 0. The summed E-state index contributed by atoms with van der Waals surface area (Å²) in [7, 11) is 1.48. The Kier molecular flexibility index (Phi) is 6.86. The Bertz CT molecular complexity index is 1340. The second-order valence-corrected chi connectivity index (χ2v) is 8.61. The molecule has 8 heteroatoms. The van der Waals surface area contributed by atoms with Gasteiger partial charge >= 0.3 is 0 Å². The standard InChI is InChI=1S/C28H26N4O4/c1-35-30-23-16-24(27-29-26(36-31-27)17-25(33)21-10-6-3-7-11-21)32(18-23)28(34)22-14-12-20(13-15-22)19-8-4-2-5-9-19/h2-15,24-25,33H,16-18H2,1H3/t24-,25-/m0/s1. The number of oxime groups is 1. The predicted molar refractivity (Wildman–Crippen MR) is 134 cm³/mol. The molecule has 0 spiro atoms. The third-order valence-corrected chi connectivity index (χ3v) is 6.21. The third-order valence-electron chi connectivity index (χ3n) is 6.21. The zero-order chi connectivity index (χ0) is 24.9. The number of carbonyl (C=O) groups excluding carboxylic acids is 1. The number of nitrogens with zero attached hydrogens (tertiary/aromatic N) is 4.